The Hall–Kier alpha value is -1.62. The van der Waals surface area contributed by atoms with Gasteiger partial charge < -0.3 is 14.9 Å². The Labute approximate surface area is 101 Å². The van der Waals surface area contributed by atoms with E-state index in [1.807, 2.05) is 0 Å². The van der Waals surface area contributed by atoms with Crippen molar-refractivity contribution >= 4 is 11.7 Å². The molecule has 5 nitrogen and oxygen atoms in total. The van der Waals surface area contributed by atoms with Crippen molar-refractivity contribution in [2.45, 2.75) is 6.92 Å². The molecule has 5 heteroatoms. The summed E-state index contributed by atoms with van der Waals surface area (Å²) in [6, 6.07) is 1.69. The summed E-state index contributed by atoms with van der Waals surface area (Å²) in [5, 5.41) is 8.92. The van der Waals surface area contributed by atoms with Crippen LogP contribution in [0.3, 0.4) is 0 Å². The highest BCUT2D eigenvalue weighted by Crippen LogP contribution is 2.16. The third kappa shape index (κ3) is 2.74. The van der Waals surface area contributed by atoms with Crippen LogP contribution in [0.2, 0.25) is 0 Å². The van der Waals surface area contributed by atoms with Gasteiger partial charge in [0.05, 0.1) is 17.4 Å². The van der Waals surface area contributed by atoms with Gasteiger partial charge >= 0.3 is 5.97 Å². The lowest BCUT2D eigenvalue weighted by molar-refractivity contribution is 0.0696. The van der Waals surface area contributed by atoms with E-state index in [1.54, 1.807) is 12.3 Å². The number of carbonyl (C=O) groups is 1. The van der Waals surface area contributed by atoms with Crippen LogP contribution in [-0.4, -0.2) is 53.7 Å². The summed E-state index contributed by atoms with van der Waals surface area (Å²) in [5.74, 6) is -0.924. The van der Waals surface area contributed by atoms with E-state index in [-0.39, 0.29) is 5.56 Å². The van der Waals surface area contributed by atoms with E-state index in [9.17, 15) is 4.79 Å². The maximum Gasteiger partial charge on any atom is 0.337 e. The molecule has 0 spiro atoms. The zero-order valence-corrected chi connectivity index (χ0v) is 9.96. The second kappa shape index (κ2) is 5.14. The number of nitrogens with zero attached hydrogens (tertiary/aromatic N) is 3. The van der Waals surface area contributed by atoms with Gasteiger partial charge in [-0.1, -0.05) is 6.92 Å². The Balaban J connectivity index is 2.08. The average molecular weight is 235 g/mol. The Kier molecular flexibility index (Phi) is 3.58. The second-order valence-corrected chi connectivity index (χ2v) is 4.16. The first-order chi connectivity index (χ1) is 8.20. The van der Waals surface area contributed by atoms with Crippen molar-refractivity contribution in [1.82, 2.24) is 9.88 Å². The predicted molar refractivity (Wildman–Crippen MR) is 65.5 cm³/mol. The fourth-order valence-electron chi connectivity index (χ4n) is 2.04. The molecule has 1 aliphatic rings. The minimum atomic E-state index is -0.924. The smallest absolute Gasteiger partial charge is 0.337 e. The number of pyridine rings is 1. The van der Waals surface area contributed by atoms with E-state index < -0.39 is 5.97 Å². The van der Waals surface area contributed by atoms with Crippen LogP contribution in [0.1, 0.15) is 17.3 Å². The van der Waals surface area contributed by atoms with E-state index in [0.29, 0.717) is 0 Å². The Morgan fingerprint density at radius 2 is 2.06 bits per heavy atom. The highest BCUT2D eigenvalue weighted by molar-refractivity contribution is 5.88. The summed E-state index contributed by atoms with van der Waals surface area (Å²) in [4.78, 5) is 19.4. The number of carboxylic acids is 1. The highest BCUT2D eigenvalue weighted by atomic mass is 16.4. The number of aromatic nitrogens is 1. The van der Waals surface area contributed by atoms with Crippen LogP contribution in [0, 0.1) is 0 Å². The van der Waals surface area contributed by atoms with Gasteiger partial charge in [0.15, 0.2) is 0 Å². The highest BCUT2D eigenvalue weighted by Gasteiger charge is 2.16. The SMILES string of the molecule is CCN1CCN(c2cncc(C(=O)O)c2)CC1. The maximum atomic E-state index is 10.9. The number of rotatable bonds is 3. The minimum Gasteiger partial charge on any atom is -0.478 e. The van der Waals surface area contributed by atoms with Gasteiger partial charge in [-0.05, 0) is 12.6 Å². The molecule has 1 fully saturated rings. The van der Waals surface area contributed by atoms with Gasteiger partial charge in [-0.2, -0.15) is 0 Å². The average Bonchev–Trinajstić information content (AvgIpc) is 2.39. The summed E-state index contributed by atoms with van der Waals surface area (Å²) in [7, 11) is 0. The van der Waals surface area contributed by atoms with Gasteiger partial charge in [0.25, 0.3) is 0 Å². The van der Waals surface area contributed by atoms with Crippen molar-refractivity contribution in [3.05, 3.63) is 24.0 Å². The van der Waals surface area contributed by atoms with Crippen molar-refractivity contribution in [2.24, 2.45) is 0 Å². The summed E-state index contributed by atoms with van der Waals surface area (Å²) >= 11 is 0. The van der Waals surface area contributed by atoms with Gasteiger partial charge in [-0.25, -0.2) is 4.79 Å². The zero-order valence-electron chi connectivity index (χ0n) is 9.96. The van der Waals surface area contributed by atoms with Crippen LogP contribution in [0.4, 0.5) is 5.69 Å². The van der Waals surface area contributed by atoms with E-state index in [4.69, 9.17) is 5.11 Å². The van der Waals surface area contributed by atoms with Crippen LogP contribution < -0.4 is 4.90 Å². The third-order valence-electron chi connectivity index (χ3n) is 3.16. The molecular formula is C12H17N3O2. The van der Waals surface area contributed by atoms with Crippen molar-refractivity contribution in [3.63, 3.8) is 0 Å². The number of aromatic carboxylic acids is 1. The van der Waals surface area contributed by atoms with E-state index in [2.05, 4.69) is 21.7 Å². The molecule has 0 atom stereocenters. The molecule has 0 aromatic carbocycles. The molecule has 0 unspecified atom stereocenters. The molecular weight excluding hydrogens is 218 g/mol. The Bertz CT molecular complexity index is 400. The maximum absolute atomic E-state index is 10.9. The van der Waals surface area contributed by atoms with E-state index in [0.717, 1.165) is 38.4 Å². The van der Waals surface area contributed by atoms with Crippen LogP contribution in [0.5, 0.6) is 0 Å². The quantitative estimate of drug-likeness (QED) is 0.844. The molecule has 92 valence electrons. The number of piperazine rings is 1. The Morgan fingerprint density at radius 1 is 1.35 bits per heavy atom. The van der Waals surface area contributed by atoms with Crippen LogP contribution >= 0.6 is 0 Å². The van der Waals surface area contributed by atoms with E-state index >= 15 is 0 Å². The molecule has 1 aliphatic heterocycles. The fraction of sp³-hybridized carbons (Fsp3) is 0.500. The van der Waals surface area contributed by atoms with Gasteiger partial charge in [0, 0.05) is 32.4 Å². The summed E-state index contributed by atoms with van der Waals surface area (Å²) in [6.07, 6.45) is 3.11. The zero-order chi connectivity index (χ0) is 12.3. The summed E-state index contributed by atoms with van der Waals surface area (Å²) in [6.45, 7) is 7.13. The van der Waals surface area contributed by atoms with Crippen molar-refractivity contribution in [3.8, 4) is 0 Å². The third-order valence-corrected chi connectivity index (χ3v) is 3.16. The fourth-order valence-corrected chi connectivity index (χ4v) is 2.04. The molecule has 2 rings (SSSR count). The second-order valence-electron chi connectivity index (χ2n) is 4.16. The number of anilines is 1. The van der Waals surface area contributed by atoms with Gasteiger partial charge in [0.1, 0.15) is 0 Å². The standard InChI is InChI=1S/C12H17N3O2/c1-2-14-3-5-15(6-4-14)11-7-10(12(16)17)8-13-9-11/h7-9H,2-6H2,1H3,(H,16,17). The largest absolute Gasteiger partial charge is 0.478 e. The molecule has 0 bridgehead atoms. The molecule has 2 heterocycles. The monoisotopic (exact) mass is 235 g/mol. The van der Waals surface area contributed by atoms with Gasteiger partial charge in [-0.15, -0.1) is 0 Å². The molecule has 0 amide bonds. The molecule has 1 aromatic rings. The summed E-state index contributed by atoms with van der Waals surface area (Å²) in [5.41, 5.74) is 1.15. The predicted octanol–water partition coefficient (Wildman–Crippen LogP) is 0.922. The lowest BCUT2D eigenvalue weighted by Gasteiger charge is -2.35. The van der Waals surface area contributed by atoms with Crippen LogP contribution in [0.15, 0.2) is 18.5 Å². The molecule has 0 saturated carbocycles. The number of hydrogen-bond acceptors (Lipinski definition) is 4. The first-order valence-electron chi connectivity index (χ1n) is 5.86. The van der Waals surface area contributed by atoms with E-state index in [1.165, 1.54) is 6.20 Å². The lowest BCUT2D eigenvalue weighted by atomic mass is 10.2. The van der Waals surface area contributed by atoms with Crippen molar-refractivity contribution in [1.29, 1.82) is 0 Å². The molecule has 1 N–H and O–H groups in total. The Morgan fingerprint density at radius 3 is 2.65 bits per heavy atom. The first-order valence-corrected chi connectivity index (χ1v) is 5.86. The number of carboxylic acid groups (broad SMARTS) is 1. The first kappa shape index (κ1) is 11.9. The molecule has 0 aliphatic carbocycles. The topological polar surface area (TPSA) is 56.7 Å². The normalized spacial score (nSPS) is 17.1. The van der Waals surface area contributed by atoms with Crippen LogP contribution in [0.25, 0.3) is 0 Å². The van der Waals surface area contributed by atoms with Crippen LogP contribution in [-0.2, 0) is 0 Å². The minimum absolute atomic E-state index is 0.250. The van der Waals surface area contributed by atoms with Crippen molar-refractivity contribution < 1.29 is 9.90 Å². The lowest BCUT2D eigenvalue weighted by Crippen LogP contribution is -2.46. The molecule has 0 radical (unpaired) electrons. The molecule has 17 heavy (non-hydrogen) atoms. The number of likely N-dealkylation sites (N-methyl/N-ethyl adjacent to an activating group) is 1. The van der Waals surface area contributed by atoms with Gasteiger partial charge in [-0.3, -0.25) is 4.98 Å². The van der Waals surface area contributed by atoms with Gasteiger partial charge in [0.2, 0.25) is 0 Å². The molecule has 1 aromatic heterocycles. The van der Waals surface area contributed by atoms with Crippen molar-refractivity contribution in [2.75, 3.05) is 37.6 Å². The molecule has 1 saturated heterocycles. The number of hydrogen-bond donors (Lipinski definition) is 1. The summed E-state index contributed by atoms with van der Waals surface area (Å²) < 4.78 is 0.